The predicted octanol–water partition coefficient (Wildman–Crippen LogP) is 1.03. The highest BCUT2D eigenvalue weighted by Gasteiger charge is 2.49. The molecule has 1 aliphatic heterocycles. The maximum atomic E-state index is 12.2. The molecule has 0 aromatic heterocycles. The number of aliphatic hydroxyl groups is 2. The van der Waals surface area contributed by atoms with Crippen LogP contribution in [0.5, 0.6) is 0 Å². The third-order valence-corrected chi connectivity index (χ3v) is 4.60. The van der Waals surface area contributed by atoms with Gasteiger partial charge in [0.1, 0.15) is 24.9 Å². The van der Waals surface area contributed by atoms with Gasteiger partial charge in [-0.25, -0.2) is 9.59 Å². The zero-order chi connectivity index (χ0) is 21.5. The fourth-order valence-corrected chi connectivity index (χ4v) is 3.02. The number of hydrogen-bond acceptors (Lipinski definition) is 7. The molecular formula is C21H23NO8. The number of nitrogens with one attached hydrogen (secondary N) is 1. The number of amides is 1. The molecule has 0 radical (unpaired) electrons. The van der Waals surface area contributed by atoms with Gasteiger partial charge < -0.3 is 34.8 Å². The lowest BCUT2D eigenvalue weighted by molar-refractivity contribution is -0.266. The number of carbonyl (C=O) groups is 2. The number of ether oxygens (including phenoxy) is 3. The van der Waals surface area contributed by atoms with Gasteiger partial charge in [0.25, 0.3) is 0 Å². The first kappa shape index (κ1) is 21.7. The van der Waals surface area contributed by atoms with Crippen LogP contribution in [0.25, 0.3) is 0 Å². The van der Waals surface area contributed by atoms with Crippen molar-refractivity contribution in [2.75, 3.05) is 0 Å². The predicted molar refractivity (Wildman–Crippen MR) is 103 cm³/mol. The Morgan fingerprint density at radius 1 is 0.900 bits per heavy atom. The Morgan fingerprint density at radius 3 is 2.03 bits per heavy atom. The molecule has 3 rings (SSSR count). The second kappa shape index (κ2) is 10.2. The Kier molecular flexibility index (Phi) is 7.36. The van der Waals surface area contributed by atoms with Crippen LogP contribution in [0.15, 0.2) is 60.7 Å². The molecule has 5 atom stereocenters. The van der Waals surface area contributed by atoms with Crippen LogP contribution in [0.2, 0.25) is 0 Å². The second-order valence-corrected chi connectivity index (χ2v) is 6.77. The van der Waals surface area contributed by atoms with Crippen LogP contribution < -0.4 is 5.32 Å². The first-order valence-corrected chi connectivity index (χ1v) is 9.33. The summed E-state index contributed by atoms with van der Waals surface area (Å²) in [6, 6.07) is 16.7. The zero-order valence-corrected chi connectivity index (χ0v) is 16.0. The molecule has 0 spiro atoms. The average molecular weight is 417 g/mol. The van der Waals surface area contributed by atoms with Crippen molar-refractivity contribution in [3.05, 3.63) is 71.8 Å². The van der Waals surface area contributed by atoms with Gasteiger partial charge in [-0.2, -0.15) is 0 Å². The summed E-state index contributed by atoms with van der Waals surface area (Å²) in [6.07, 6.45) is -7.32. The van der Waals surface area contributed by atoms with Gasteiger partial charge in [-0.15, -0.1) is 0 Å². The van der Waals surface area contributed by atoms with E-state index in [1.165, 1.54) is 0 Å². The van der Waals surface area contributed by atoms with Gasteiger partial charge in [0.15, 0.2) is 12.4 Å². The van der Waals surface area contributed by atoms with E-state index in [1.54, 1.807) is 48.5 Å². The fourth-order valence-electron chi connectivity index (χ4n) is 3.02. The topological polar surface area (TPSA) is 135 Å². The standard InChI is InChI=1S/C21H23NO8/c23-16-15(22-21(27)29-12-14-9-5-2-6-10-14)20(30-18(17(16)24)19(25)26)28-11-13-7-3-1-4-8-13/h1-10,15-18,20,23-24H,11-12H2,(H,22,27)(H,25,26)/t15-,16-,17+,18+,20?/m1/s1. The Balaban J connectivity index is 1.67. The van der Waals surface area contributed by atoms with Crippen molar-refractivity contribution in [1.82, 2.24) is 5.32 Å². The summed E-state index contributed by atoms with van der Waals surface area (Å²) in [5.74, 6) is -1.46. The number of aliphatic hydroxyl groups excluding tert-OH is 2. The number of alkyl carbamates (subject to hydrolysis) is 1. The summed E-state index contributed by atoms with van der Waals surface area (Å²) in [7, 11) is 0. The molecule has 0 saturated carbocycles. The number of carbonyl (C=O) groups excluding carboxylic acids is 1. The number of rotatable bonds is 7. The molecule has 2 aromatic carbocycles. The van der Waals surface area contributed by atoms with Crippen molar-refractivity contribution in [1.29, 1.82) is 0 Å². The highest BCUT2D eigenvalue weighted by molar-refractivity contribution is 5.73. The fraction of sp³-hybridized carbons (Fsp3) is 0.333. The lowest BCUT2D eigenvalue weighted by atomic mass is 9.97. The highest BCUT2D eigenvalue weighted by atomic mass is 16.7. The summed E-state index contributed by atoms with van der Waals surface area (Å²) in [6.45, 7) is 0.0318. The van der Waals surface area contributed by atoms with Crippen LogP contribution in [0.3, 0.4) is 0 Å². The molecule has 1 unspecified atom stereocenters. The van der Waals surface area contributed by atoms with Crippen molar-refractivity contribution in [2.24, 2.45) is 0 Å². The molecule has 1 aliphatic rings. The van der Waals surface area contributed by atoms with Crippen LogP contribution in [0.4, 0.5) is 4.79 Å². The largest absolute Gasteiger partial charge is 0.479 e. The second-order valence-electron chi connectivity index (χ2n) is 6.77. The molecule has 9 nitrogen and oxygen atoms in total. The molecule has 30 heavy (non-hydrogen) atoms. The van der Waals surface area contributed by atoms with E-state index in [-0.39, 0.29) is 13.2 Å². The molecule has 0 aliphatic carbocycles. The minimum atomic E-state index is -1.77. The Hall–Kier alpha value is -2.98. The third kappa shape index (κ3) is 5.55. The Morgan fingerprint density at radius 2 is 1.47 bits per heavy atom. The summed E-state index contributed by atoms with van der Waals surface area (Å²) in [5, 5.41) is 32.2. The number of carboxylic acids is 1. The van der Waals surface area contributed by atoms with Crippen LogP contribution in [-0.4, -0.2) is 58.0 Å². The first-order chi connectivity index (χ1) is 14.5. The van der Waals surface area contributed by atoms with E-state index in [0.717, 1.165) is 11.1 Å². The van der Waals surface area contributed by atoms with Crippen LogP contribution in [0.1, 0.15) is 11.1 Å². The van der Waals surface area contributed by atoms with E-state index in [1.807, 2.05) is 12.1 Å². The lowest BCUT2D eigenvalue weighted by Crippen LogP contribution is -2.65. The molecule has 1 saturated heterocycles. The molecule has 1 heterocycles. The SMILES string of the molecule is O=C(N[C@H]1C(OCc2ccccc2)O[C@H](C(=O)O)[C@@H](O)[C@@H]1O)OCc1ccccc1. The minimum Gasteiger partial charge on any atom is -0.479 e. The van der Waals surface area contributed by atoms with Crippen molar-refractivity contribution in [3.63, 3.8) is 0 Å². The molecule has 9 heteroatoms. The zero-order valence-electron chi connectivity index (χ0n) is 16.0. The van der Waals surface area contributed by atoms with E-state index in [0.29, 0.717) is 0 Å². The van der Waals surface area contributed by atoms with Crippen molar-refractivity contribution in [2.45, 2.75) is 43.9 Å². The lowest BCUT2D eigenvalue weighted by Gasteiger charge is -2.41. The van der Waals surface area contributed by atoms with Gasteiger partial charge in [0.05, 0.1) is 6.61 Å². The van der Waals surface area contributed by atoms with E-state index >= 15 is 0 Å². The molecule has 1 amide bonds. The number of aliphatic carboxylic acids is 1. The summed E-state index contributed by atoms with van der Waals surface area (Å²) < 4.78 is 16.1. The van der Waals surface area contributed by atoms with E-state index in [4.69, 9.17) is 14.2 Å². The third-order valence-electron chi connectivity index (χ3n) is 4.60. The average Bonchev–Trinajstić information content (AvgIpc) is 2.76. The van der Waals surface area contributed by atoms with Gasteiger partial charge in [-0.1, -0.05) is 60.7 Å². The highest BCUT2D eigenvalue weighted by Crippen LogP contribution is 2.23. The maximum Gasteiger partial charge on any atom is 0.407 e. The van der Waals surface area contributed by atoms with E-state index < -0.39 is 42.7 Å². The maximum absolute atomic E-state index is 12.2. The molecule has 2 aromatic rings. The summed E-state index contributed by atoms with van der Waals surface area (Å²) in [5.41, 5.74) is 1.54. The Bertz CT molecular complexity index is 831. The summed E-state index contributed by atoms with van der Waals surface area (Å²) >= 11 is 0. The molecule has 160 valence electrons. The molecular weight excluding hydrogens is 394 g/mol. The van der Waals surface area contributed by atoms with Crippen molar-refractivity contribution < 1.29 is 39.1 Å². The van der Waals surface area contributed by atoms with Gasteiger partial charge in [-0.3, -0.25) is 0 Å². The van der Waals surface area contributed by atoms with Gasteiger partial charge in [0.2, 0.25) is 0 Å². The van der Waals surface area contributed by atoms with Crippen LogP contribution in [0, 0.1) is 0 Å². The number of benzene rings is 2. The monoisotopic (exact) mass is 417 g/mol. The van der Waals surface area contributed by atoms with Gasteiger partial charge in [0, 0.05) is 0 Å². The van der Waals surface area contributed by atoms with Crippen molar-refractivity contribution >= 4 is 12.1 Å². The van der Waals surface area contributed by atoms with Crippen LogP contribution >= 0.6 is 0 Å². The molecule has 4 N–H and O–H groups in total. The number of carboxylic acid groups (broad SMARTS) is 1. The Labute approximate surface area is 172 Å². The molecule has 1 fully saturated rings. The minimum absolute atomic E-state index is 0.00775. The van der Waals surface area contributed by atoms with E-state index in [2.05, 4.69) is 5.32 Å². The smallest absolute Gasteiger partial charge is 0.407 e. The van der Waals surface area contributed by atoms with Crippen LogP contribution in [-0.2, 0) is 32.2 Å². The quantitative estimate of drug-likeness (QED) is 0.525. The van der Waals surface area contributed by atoms with Crippen molar-refractivity contribution in [3.8, 4) is 0 Å². The summed E-state index contributed by atoms with van der Waals surface area (Å²) in [4.78, 5) is 23.6. The molecule has 0 bridgehead atoms. The normalized spacial score (nSPS) is 26.0. The first-order valence-electron chi connectivity index (χ1n) is 9.33. The van der Waals surface area contributed by atoms with Gasteiger partial charge in [-0.05, 0) is 11.1 Å². The number of hydrogen-bond donors (Lipinski definition) is 4. The van der Waals surface area contributed by atoms with E-state index in [9.17, 15) is 24.9 Å². The van der Waals surface area contributed by atoms with Gasteiger partial charge >= 0.3 is 12.1 Å².